The zero-order chi connectivity index (χ0) is 12.8. The van der Waals surface area contributed by atoms with Crippen LogP contribution in [0.25, 0.3) is 22.5 Å². The summed E-state index contributed by atoms with van der Waals surface area (Å²) in [6.45, 7) is 0. The van der Waals surface area contributed by atoms with E-state index < -0.39 is 0 Å². The molecular weight excluding hydrogens is 276 g/mol. The molecule has 2 aromatic heterocycles. The topological polar surface area (TPSA) is 31.0 Å². The number of hydrogen-bond acceptors (Lipinski definition) is 3. The summed E-state index contributed by atoms with van der Waals surface area (Å²) >= 11 is 5.34. The first-order valence-electron chi connectivity index (χ1n) is 5.91. The molecule has 3 aromatic rings. The van der Waals surface area contributed by atoms with Crippen LogP contribution in [0.5, 0.6) is 0 Å². The van der Waals surface area contributed by atoms with Crippen LogP contribution in [0.2, 0.25) is 0 Å². The largest absolute Gasteiger partial charge is 0.465 e. The molecule has 3 heterocycles. The highest BCUT2D eigenvalue weighted by Gasteiger charge is 2.12. The molecule has 4 rings (SSSR count). The second kappa shape index (κ2) is 4.15. The molecule has 0 N–H and O–H groups in total. The van der Waals surface area contributed by atoms with Gasteiger partial charge in [0, 0.05) is 10.6 Å². The van der Waals surface area contributed by atoms with Crippen molar-refractivity contribution in [3.05, 3.63) is 53.1 Å². The van der Waals surface area contributed by atoms with Crippen molar-refractivity contribution < 1.29 is 4.42 Å². The molecule has 1 aliphatic heterocycles. The van der Waals surface area contributed by atoms with Crippen molar-refractivity contribution in [3.63, 3.8) is 0 Å². The van der Waals surface area contributed by atoms with Crippen molar-refractivity contribution in [2.75, 3.05) is 0 Å². The lowest BCUT2D eigenvalue weighted by Crippen LogP contribution is -2.11. The maximum Gasteiger partial charge on any atom is 0.141 e. The smallest absolute Gasteiger partial charge is 0.141 e. The van der Waals surface area contributed by atoms with E-state index in [-0.39, 0.29) is 9.45 Å². The van der Waals surface area contributed by atoms with Gasteiger partial charge in [-0.25, -0.2) is 4.98 Å². The summed E-state index contributed by atoms with van der Waals surface area (Å²) in [6.07, 6.45) is 3.69. The van der Waals surface area contributed by atoms with Crippen LogP contribution in [0.1, 0.15) is 5.76 Å². The predicted octanol–water partition coefficient (Wildman–Crippen LogP) is 1.25. The molecule has 0 saturated heterocycles. The Kier molecular flexibility index (Phi) is 2.43. The van der Waals surface area contributed by atoms with E-state index in [0.717, 1.165) is 33.4 Å². The SMILES string of the molecule is S=S1C=c2nc3c(=Cc4ccco4)cccc3n2C1. The van der Waals surface area contributed by atoms with Gasteiger partial charge < -0.3 is 8.98 Å². The van der Waals surface area contributed by atoms with Crippen molar-refractivity contribution >= 4 is 43.2 Å². The molecule has 0 amide bonds. The number of para-hydroxylation sites is 1. The summed E-state index contributed by atoms with van der Waals surface area (Å²) in [5, 5.41) is 3.15. The number of fused-ring (bicyclic) bond motifs is 3. The monoisotopic (exact) mass is 286 g/mol. The van der Waals surface area contributed by atoms with Crippen molar-refractivity contribution in [2.24, 2.45) is 0 Å². The van der Waals surface area contributed by atoms with E-state index in [2.05, 4.69) is 22.1 Å². The fourth-order valence-electron chi connectivity index (χ4n) is 2.34. The summed E-state index contributed by atoms with van der Waals surface area (Å²) < 4.78 is 7.57. The lowest BCUT2D eigenvalue weighted by molar-refractivity contribution is 0.556. The van der Waals surface area contributed by atoms with Gasteiger partial charge in [0.2, 0.25) is 0 Å². The lowest BCUT2D eigenvalue weighted by Gasteiger charge is -1.98. The first-order chi connectivity index (χ1) is 9.31. The second-order valence-electron chi connectivity index (χ2n) is 4.40. The van der Waals surface area contributed by atoms with Crippen molar-refractivity contribution in [1.29, 1.82) is 0 Å². The molecule has 0 radical (unpaired) electrons. The number of rotatable bonds is 1. The number of furan rings is 1. The summed E-state index contributed by atoms with van der Waals surface area (Å²) in [5.41, 5.74) is 3.15. The van der Waals surface area contributed by atoms with E-state index in [9.17, 15) is 0 Å². The maximum absolute atomic E-state index is 5.37. The maximum atomic E-state index is 5.37. The van der Waals surface area contributed by atoms with Gasteiger partial charge in [0.1, 0.15) is 11.2 Å². The van der Waals surface area contributed by atoms with E-state index in [1.807, 2.05) is 24.3 Å². The fourth-order valence-corrected chi connectivity index (χ4v) is 3.93. The Morgan fingerprint density at radius 3 is 3.11 bits per heavy atom. The van der Waals surface area contributed by atoms with Crippen molar-refractivity contribution in [1.82, 2.24) is 9.55 Å². The third kappa shape index (κ3) is 1.77. The molecule has 0 saturated carbocycles. The average Bonchev–Trinajstić information content (AvgIpc) is 3.06. The molecule has 0 spiro atoms. The molecule has 94 valence electrons. The summed E-state index contributed by atoms with van der Waals surface area (Å²) in [5.74, 6) is 1.71. The third-order valence-corrected chi connectivity index (χ3v) is 4.77. The zero-order valence-electron chi connectivity index (χ0n) is 9.95. The first-order valence-corrected chi connectivity index (χ1v) is 8.29. The molecule has 1 aliphatic rings. The Labute approximate surface area is 116 Å². The van der Waals surface area contributed by atoms with E-state index >= 15 is 0 Å². The van der Waals surface area contributed by atoms with Crippen LogP contribution in [0.15, 0.2) is 41.0 Å². The number of benzene rings is 1. The Hall–Kier alpha value is -1.72. The Morgan fingerprint density at radius 1 is 1.32 bits per heavy atom. The summed E-state index contributed by atoms with van der Waals surface area (Å²) in [6, 6.07) is 10.0. The van der Waals surface area contributed by atoms with Crippen molar-refractivity contribution in [3.8, 4) is 0 Å². The van der Waals surface area contributed by atoms with E-state index in [1.165, 1.54) is 0 Å². The van der Waals surface area contributed by atoms with E-state index in [1.54, 1.807) is 6.26 Å². The molecule has 5 heteroatoms. The van der Waals surface area contributed by atoms with Gasteiger partial charge in [0.25, 0.3) is 0 Å². The highest BCUT2D eigenvalue weighted by atomic mass is 32.8. The van der Waals surface area contributed by atoms with Gasteiger partial charge in [-0.15, -0.1) is 0 Å². The second-order valence-corrected chi connectivity index (χ2v) is 6.94. The molecule has 0 bridgehead atoms. The Balaban J connectivity index is 2.07. The van der Waals surface area contributed by atoms with Crippen LogP contribution in [0.4, 0.5) is 0 Å². The minimum Gasteiger partial charge on any atom is -0.465 e. The van der Waals surface area contributed by atoms with Gasteiger partial charge in [-0.3, -0.25) is 0 Å². The lowest BCUT2D eigenvalue weighted by atomic mass is 10.2. The number of imidazole rings is 1. The molecule has 0 fully saturated rings. The minimum absolute atomic E-state index is 0.102. The van der Waals surface area contributed by atoms with E-state index in [0.29, 0.717) is 0 Å². The normalized spacial score (nSPS) is 18.7. The number of hydrogen-bond donors (Lipinski definition) is 0. The molecule has 1 atom stereocenters. The average molecular weight is 286 g/mol. The molecule has 1 unspecified atom stereocenters. The quantitative estimate of drug-likeness (QED) is 0.674. The van der Waals surface area contributed by atoms with Crippen LogP contribution in [-0.2, 0) is 26.5 Å². The van der Waals surface area contributed by atoms with Crippen LogP contribution in [-0.4, -0.2) is 9.55 Å². The molecule has 3 nitrogen and oxygen atoms in total. The minimum atomic E-state index is -0.102. The van der Waals surface area contributed by atoms with Gasteiger partial charge in [-0.2, -0.15) is 0 Å². The van der Waals surface area contributed by atoms with Crippen LogP contribution >= 0.6 is 0 Å². The molecular formula is C14H10N2OS2. The predicted molar refractivity (Wildman–Crippen MR) is 80.5 cm³/mol. The molecule has 19 heavy (non-hydrogen) atoms. The van der Waals surface area contributed by atoms with Gasteiger partial charge in [0.05, 0.1) is 23.2 Å². The zero-order valence-corrected chi connectivity index (χ0v) is 11.6. The van der Waals surface area contributed by atoms with Gasteiger partial charge in [-0.05, 0) is 35.5 Å². The summed E-state index contributed by atoms with van der Waals surface area (Å²) in [4.78, 5) is 4.70. The van der Waals surface area contributed by atoms with Gasteiger partial charge >= 0.3 is 0 Å². The number of nitrogens with zero attached hydrogens (tertiary/aromatic N) is 2. The van der Waals surface area contributed by atoms with Crippen LogP contribution in [0, 0.1) is 0 Å². The van der Waals surface area contributed by atoms with E-state index in [4.69, 9.17) is 20.6 Å². The summed E-state index contributed by atoms with van der Waals surface area (Å²) in [7, 11) is -0.102. The van der Waals surface area contributed by atoms with Crippen LogP contribution in [0.3, 0.4) is 0 Å². The highest BCUT2D eigenvalue weighted by Crippen LogP contribution is 2.11. The molecule has 0 aliphatic carbocycles. The highest BCUT2D eigenvalue weighted by molar-refractivity contribution is 8.32. The number of aromatic nitrogens is 2. The Morgan fingerprint density at radius 2 is 2.26 bits per heavy atom. The standard InChI is InChI=1S/C14H10N2OS2/c18-19-8-13-15-14-10(7-11-4-2-6-17-11)3-1-5-12(14)16(13)9-19/h1-8H,9H2. The van der Waals surface area contributed by atoms with Gasteiger partial charge in [0.15, 0.2) is 0 Å². The molecule has 1 aromatic carbocycles. The fraction of sp³-hybridized carbons (Fsp3) is 0.0714. The third-order valence-electron chi connectivity index (χ3n) is 3.17. The van der Waals surface area contributed by atoms with Crippen LogP contribution < -0.4 is 10.7 Å². The van der Waals surface area contributed by atoms with Crippen molar-refractivity contribution in [2.45, 2.75) is 5.88 Å². The van der Waals surface area contributed by atoms with Gasteiger partial charge in [-0.1, -0.05) is 21.6 Å². The first kappa shape index (κ1) is 11.1. The Bertz CT molecular complexity index is 907.